The maximum Gasteiger partial charge on any atom is 0.247 e. The van der Waals surface area contributed by atoms with Gasteiger partial charge in [0.1, 0.15) is 16.8 Å². The van der Waals surface area contributed by atoms with Crippen LogP contribution < -0.4 is 0 Å². The molecule has 26 heavy (non-hydrogen) atoms. The van der Waals surface area contributed by atoms with Gasteiger partial charge in [0, 0.05) is 10.9 Å². The average Bonchev–Trinajstić information content (AvgIpc) is 3.05. The lowest BCUT2D eigenvalue weighted by Crippen LogP contribution is -1.92. The largest absolute Gasteiger partial charge is 0.436 e. The van der Waals surface area contributed by atoms with E-state index < -0.39 is 0 Å². The van der Waals surface area contributed by atoms with Gasteiger partial charge in [-0.1, -0.05) is 78.3 Å². The number of aromatic nitrogens is 2. The summed E-state index contributed by atoms with van der Waals surface area (Å²) in [4.78, 5) is 9.29. The van der Waals surface area contributed by atoms with Gasteiger partial charge in [-0.25, -0.2) is 4.98 Å². The van der Waals surface area contributed by atoms with Gasteiger partial charge in [-0.15, -0.1) is 0 Å². The smallest absolute Gasteiger partial charge is 0.247 e. The molecule has 3 aromatic carbocycles. The van der Waals surface area contributed by atoms with Gasteiger partial charge in [-0.3, -0.25) is 0 Å². The predicted molar refractivity (Wildman–Crippen MR) is 105 cm³/mol. The number of furan rings is 1. The Morgan fingerprint density at radius 3 is 2.23 bits per heavy atom. The second-order valence-corrected chi connectivity index (χ2v) is 6.38. The summed E-state index contributed by atoms with van der Waals surface area (Å²) in [6.45, 7) is 0. The molecule has 0 atom stereocenters. The topological polar surface area (TPSA) is 38.9 Å². The highest BCUT2D eigenvalue weighted by molar-refractivity contribution is 6.32. The van der Waals surface area contributed by atoms with Crippen LogP contribution in [0, 0.1) is 0 Å². The second kappa shape index (κ2) is 5.97. The van der Waals surface area contributed by atoms with E-state index in [2.05, 4.69) is 23.2 Å². The van der Waals surface area contributed by atoms with Crippen molar-refractivity contribution >= 4 is 33.8 Å². The molecule has 2 aromatic heterocycles. The van der Waals surface area contributed by atoms with Crippen LogP contribution in [0.25, 0.3) is 44.6 Å². The van der Waals surface area contributed by atoms with Crippen molar-refractivity contribution in [2.24, 2.45) is 0 Å². The normalized spacial score (nSPS) is 11.3. The molecule has 5 rings (SSSR count). The molecule has 0 aliphatic carbocycles. The van der Waals surface area contributed by atoms with Crippen LogP contribution in [0.4, 0.5) is 0 Å². The SMILES string of the molecule is Clc1nc2oc3ccccc3c2nc1-c1ccccc1-c1ccccc1. The molecule has 0 aliphatic heterocycles. The molecule has 5 aromatic rings. The van der Waals surface area contributed by atoms with Crippen LogP contribution in [-0.4, -0.2) is 9.97 Å². The molecule has 3 nitrogen and oxygen atoms in total. The Morgan fingerprint density at radius 1 is 0.692 bits per heavy atom. The number of benzene rings is 3. The Kier molecular flexibility index (Phi) is 3.47. The van der Waals surface area contributed by atoms with Crippen molar-refractivity contribution in [1.82, 2.24) is 9.97 Å². The van der Waals surface area contributed by atoms with Crippen LogP contribution in [0.5, 0.6) is 0 Å². The molecule has 0 spiro atoms. The maximum atomic E-state index is 6.49. The van der Waals surface area contributed by atoms with Gasteiger partial charge in [0.05, 0.1) is 0 Å². The monoisotopic (exact) mass is 356 g/mol. The lowest BCUT2D eigenvalue weighted by Gasteiger charge is -2.10. The van der Waals surface area contributed by atoms with Gasteiger partial charge in [0.15, 0.2) is 5.15 Å². The molecule has 0 radical (unpaired) electrons. The van der Waals surface area contributed by atoms with Gasteiger partial charge in [0.25, 0.3) is 0 Å². The van der Waals surface area contributed by atoms with E-state index in [0.717, 1.165) is 33.2 Å². The Balaban J connectivity index is 1.80. The summed E-state index contributed by atoms with van der Waals surface area (Å²) in [6, 6.07) is 26.1. The van der Waals surface area contributed by atoms with Crippen LogP contribution in [0.15, 0.2) is 83.3 Å². The van der Waals surface area contributed by atoms with E-state index in [-0.39, 0.29) is 0 Å². The first-order valence-corrected chi connectivity index (χ1v) is 8.69. The third-order valence-corrected chi connectivity index (χ3v) is 4.70. The van der Waals surface area contributed by atoms with Crippen LogP contribution >= 0.6 is 11.6 Å². The highest BCUT2D eigenvalue weighted by Crippen LogP contribution is 2.36. The lowest BCUT2D eigenvalue weighted by molar-refractivity contribution is 0.653. The fourth-order valence-electron chi connectivity index (χ4n) is 3.23. The van der Waals surface area contributed by atoms with Crippen molar-refractivity contribution in [3.05, 3.63) is 84.0 Å². The molecule has 4 heteroatoms. The third kappa shape index (κ3) is 2.37. The minimum absolute atomic E-state index is 0.333. The molecule has 0 unspecified atom stereocenters. The minimum Gasteiger partial charge on any atom is -0.436 e. The molecule has 2 heterocycles. The van der Waals surface area contributed by atoms with E-state index in [1.165, 1.54) is 0 Å². The van der Waals surface area contributed by atoms with Gasteiger partial charge in [0.2, 0.25) is 5.71 Å². The Bertz CT molecular complexity index is 1250. The van der Waals surface area contributed by atoms with Crippen molar-refractivity contribution in [2.75, 3.05) is 0 Å². The molecule has 0 saturated heterocycles. The maximum absolute atomic E-state index is 6.49. The van der Waals surface area contributed by atoms with Gasteiger partial charge >= 0.3 is 0 Å². The van der Waals surface area contributed by atoms with Crippen LogP contribution in [-0.2, 0) is 0 Å². The summed E-state index contributed by atoms with van der Waals surface area (Å²) in [6.07, 6.45) is 0. The molecule has 0 aliphatic rings. The number of rotatable bonds is 2. The van der Waals surface area contributed by atoms with Gasteiger partial charge in [-0.2, -0.15) is 4.98 Å². The highest BCUT2D eigenvalue weighted by Gasteiger charge is 2.17. The molecule has 124 valence electrons. The van der Waals surface area contributed by atoms with Gasteiger partial charge < -0.3 is 4.42 Å². The zero-order chi connectivity index (χ0) is 17.5. The fraction of sp³-hybridized carbons (Fsp3) is 0. The van der Waals surface area contributed by atoms with E-state index in [4.69, 9.17) is 21.0 Å². The number of para-hydroxylation sites is 1. The molecule has 0 N–H and O–H groups in total. The third-order valence-electron chi connectivity index (χ3n) is 4.44. The minimum atomic E-state index is 0.333. The average molecular weight is 357 g/mol. The summed E-state index contributed by atoms with van der Waals surface area (Å²) in [5, 5.41) is 1.27. The zero-order valence-corrected chi connectivity index (χ0v) is 14.4. The van der Waals surface area contributed by atoms with E-state index in [9.17, 15) is 0 Å². The number of fused-ring (bicyclic) bond motifs is 3. The quantitative estimate of drug-likeness (QED) is 0.369. The van der Waals surface area contributed by atoms with Crippen molar-refractivity contribution in [1.29, 1.82) is 0 Å². The van der Waals surface area contributed by atoms with E-state index in [1.807, 2.05) is 60.7 Å². The summed E-state index contributed by atoms with van der Waals surface area (Å²) in [7, 11) is 0. The van der Waals surface area contributed by atoms with Crippen molar-refractivity contribution < 1.29 is 4.42 Å². The first-order valence-electron chi connectivity index (χ1n) is 8.31. The number of nitrogens with zero attached hydrogens (tertiary/aromatic N) is 2. The van der Waals surface area contributed by atoms with Crippen LogP contribution in [0.1, 0.15) is 0 Å². The first kappa shape index (κ1) is 15.1. The number of hydrogen-bond donors (Lipinski definition) is 0. The number of hydrogen-bond acceptors (Lipinski definition) is 3. The molecule has 0 fully saturated rings. The fourth-order valence-corrected chi connectivity index (χ4v) is 3.45. The second-order valence-electron chi connectivity index (χ2n) is 6.03. The highest BCUT2D eigenvalue weighted by atomic mass is 35.5. The summed E-state index contributed by atoms with van der Waals surface area (Å²) >= 11 is 6.49. The zero-order valence-electron chi connectivity index (χ0n) is 13.7. The van der Waals surface area contributed by atoms with E-state index in [0.29, 0.717) is 16.6 Å². The number of halogens is 1. The van der Waals surface area contributed by atoms with Crippen LogP contribution in [0.3, 0.4) is 0 Å². The van der Waals surface area contributed by atoms with Crippen molar-refractivity contribution in [2.45, 2.75) is 0 Å². The molecule has 0 amide bonds. The Morgan fingerprint density at radius 2 is 1.38 bits per heavy atom. The lowest BCUT2D eigenvalue weighted by atomic mass is 9.98. The van der Waals surface area contributed by atoms with Crippen molar-refractivity contribution in [3.8, 4) is 22.4 Å². The molecular weight excluding hydrogens is 344 g/mol. The molecular formula is C22H13ClN2O. The molecule has 0 saturated carbocycles. The predicted octanol–water partition coefficient (Wildman–Crippen LogP) is 6.36. The van der Waals surface area contributed by atoms with E-state index in [1.54, 1.807) is 0 Å². The van der Waals surface area contributed by atoms with Gasteiger partial charge in [-0.05, 0) is 23.3 Å². The summed E-state index contributed by atoms with van der Waals surface area (Å²) < 4.78 is 5.78. The van der Waals surface area contributed by atoms with Crippen LogP contribution in [0.2, 0.25) is 5.15 Å². The summed E-state index contributed by atoms with van der Waals surface area (Å²) in [5.74, 6) is 0. The van der Waals surface area contributed by atoms with Crippen molar-refractivity contribution in [3.63, 3.8) is 0 Å². The Labute approximate surface area is 154 Å². The first-order chi connectivity index (χ1) is 12.8. The molecule has 0 bridgehead atoms. The Hall–Kier alpha value is -3.17. The van der Waals surface area contributed by atoms with E-state index >= 15 is 0 Å². The summed E-state index contributed by atoms with van der Waals surface area (Å²) in [5.41, 5.74) is 5.72. The standard InChI is InChI=1S/C22H13ClN2O/c23-21-19(16-11-5-4-10-15(16)14-8-2-1-3-9-14)24-20-17-12-6-7-13-18(17)26-22(20)25-21/h1-13H.